The first kappa shape index (κ1) is 9.45. The molecule has 4 heteroatoms. The highest BCUT2D eigenvalue weighted by atomic mass is 16.5. The molecule has 1 atom stereocenters. The van der Waals surface area contributed by atoms with Gasteiger partial charge in [-0.25, -0.2) is 4.79 Å². The molecule has 1 aromatic carbocycles. The van der Waals surface area contributed by atoms with E-state index in [-0.39, 0.29) is 0 Å². The molecule has 74 valence electrons. The summed E-state index contributed by atoms with van der Waals surface area (Å²) < 4.78 is 5.39. The number of nitrogens with zero attached hydrogens (tertiary/aromatic N) is 2. The minimum atomic E-state index is -1.11. The molecule has 0 N–H and O–H groups in total. The van der Waals surface area contributed by atoms with Gasteiger partial charge in [-0.05, 0) is 6.07 Å². The minimum absolute atomic E-state index is 0.385. The molecule has 2 rings (SSSR count). The third-order valence-electron chi connectivity index (χ3n) is 2.48. The predicted molar refractivity (Wildman–Crippen MR) is 52.0 cm³/mol. The Balaban J connectivity index is 2.63. The molecule has 1 aromatic rings. The van der Waals surface area contributed by atoms with E-state index < -0.39 is 5.54 Å². The van der Waals surface area contributed by atoms with Gasteiger partial charge in [0, 0.05) is 12.0 Å². The largest absolute Gasteiger partial charge is 0.493 e. The molecule has 1 heterocycles. The first-order valence-corrected chi connectivity index (χ1v) is 4.55. The smallest absolute Gasteiger partial charge is 0.236 e. The van der Waals surface area contributed by atoms with Crippen LogP contribution in [0.3, 0.4) is 0 Å². The van der Waals surface area contributed by atoms with Crippen molar-refractivity contribution in [2.45, 2.75) is 12.0 Å². The zero-order chi connectivity index (χ0) is 10.7. The third kappa shape index (κ3) is 1.39. The first-order chi connectivity index (χ1) is 7.32. The van der Waals surface area contributed by atoms with Crippen LogP contribution in [0.25, 0.3) is 0 Å². The monoisotopic (exact) mass is 200 g/mol. The van der Waals surface area contributed by atoms with Crippen LogP contribution in [0.2, 0.25) is 0 Å². The number of nitriles is 1. The molecular formula is C11H8N2O2. The van der Waals surface area contributed by atoms with Crippen LogP contribution < -0.4 is 4.74 Å². The topological polar surface area (TPSA) is 62.5 Å². The fourth-order valence-corrected chi connectivity index (χ4v) is 1.71. The van der Waals surface area contributed by atoms with Crippen LogP contribution >= 0.6 is 0 Å². The maximum Gasteiger partial charge on any atom is 0.236 e. The Labute approximate surface area is 86.8 Å². The Bertz CT molecular complexity index is 472. The first-order valence-electron chi connectivity index (χ1n) is 4.55. The van der Waals surface area contributed by atoms with E-state index in [0.717, 1.165) is 0 Å². The molecular weight excluding hydrogens is 192 g/mol. The van der Waals surface area contributed by atoms with E-state index in [0.29, 0.717) is 24.3 Å². The fourth-order valence-electron chi connectivity index (χ4n) is 1.71. The molecule has 1 aliphatic rings. The molecule has 0 amide bonds. The van der Waals surface area contributed by atoms with E-state index in [1.165, 1.54) is 6.08 Å². The molecule has 4 nitrogen and oxygen atoms in total. The van der Waals surface area contributed by atoms with Gasteiger partial charge in [0.15, 0.2) is 5.54 Å². The van der Waals surface area contributed by atoms with Gasteiger partial charge in [0.25, 0.3) is 0 Å². The Hall–Kier alpha value is -2.11. The SMILES string of the molecule is N#CC1(N=C=O)CCOc2ccccc21. The van der Waals surface area contributed by atoms with Crippen molar-refractivity contribution in [1.29, 1.82) is 5.26 Å². The second-order valence-corrected chi connectivity index (χ2v) is 3.27. The number of fused-ring (bicyclic) bond motifs is 1. The maximum absolute atomic E-state index is 10.4. The van der Waals surface area contributed by atoms with Crippen molar-refractivity contribution in [1.82, 2.24) is 0 Å². The highest BCUT2D eigenvalue weighted by molar-refractivity contribution is 5.48. The lowest BCUT2D eigenvalue weighted by Crippen LogP contribution is -2.29. The van der Waals surface area contributed by atoms with Crippen molar-refractivity contribution >= 4 is 6.08 Å². The summed E-state index contributed by atoms with van der Waals surface area (Å²) in [7, 11) is 0. The molecule has 0 aromatic heterocycles. The van der Waals surface area contributed by atoms with Crippen LogP contribution in [0, 0.1) is 11.3 Å². The van der Waals surface area contributed by atoms with Crippen molar-refractivity contribution in [2.75, 3.05) is 6.61 Å². The Morgan fingerprint density at radius 1 is 1.47 bits per heavy atom. The molecule has 1 aliphatic heterocycles. The number of aliphatic imine (C=N–C) groups is 1. The molecule has 1 unspecified atom stereocenters. The molecule has 15 heavy (non-hydrogen) atoms. The van der Waals surface area contributed by atoms with Gasteiger partial charge in [-0.2, -0.15) is 10.3 Å². The standard InChI is InChI=1S/C11H8N2O2/c12-7-11(13-8-14)5-6-15-10-4-2-1-3-9(10)11/h1-4H,5-6H2. The van der Waals surface area contributed by atoms with Gasteiger partial charge in [-0.3, -0.25) is 0 Å². The summed E-state index contributed by atoms with van der Waals surface area (Å²) >= 11 is 0. The second kappa shape index (κ2) is 3.56. The fraction of sp³-hybridized carbons (Fsp3) is 0.273. The second-order valence-electron chi connectivity index (χ2n) is 3.27. The van der Waals surface area contributed by atoms with Crippen LogP contribution in [0.15, 0.2) is 29.3 Å². The summed E-state index contributed by atoms with van der Waals surface area (Å²) in [4.78, 5) is 14.0. The van der Waals surface area contributed by atoms with Crippen molar-refractivity contribution in [3.8, 4) is 11.8 Å². The Kier molecular flexibility index (Phi) is 2.24. The van der Waals surface area contributed by atoms with Gasteiger partial charge < -0.3 is 4.74 Å². The van der Waals surface area contributed by atoms with E-state index in [2.05, 4.69) is 11.1 Å². The highest BCUT2D eigenvalue weighted by Gasteiger charge is 2.38. The van der Waals surface area contributed by atoms with Crippen molar-refractivity contribution in [3.63, 3.8) is 0 Å². The summed E-state index contributed by atoms with van der Waals surface area (Å²) in [6.07, 6.45) is 1.85. The average molecular weight is 200 g/mol. The number of hydrogen-bond acceptors (Lipinski definition) is 4. The Morgan fingerprint density at radius 3 is 3.00 bits per heavy atom. The molecule has 0 fully saturated rings. The van der Waals surface area contributed by atoms with Crippen molar-refractivity contribution < 1.29 is 9.53 Å². The Morgan fingerprint density at radius 2 is 2.27 bits per heavy atom. The number of isocyanates is 1. The zero-order valence-corrected chi connectivity index (χ0v) is 7.93. The van der Waals surface area contributed by atoms with Crippen molar-refractivity contribution in [3.05, 3.63) is 29.8 Å². The number of hydrogen-bond donors (Lipinski definition) is 0. The van der Waals surface area contributed by atoms with Crippen molar-refractivity contribution in [2.24, 2.45) is 4.99 Å². The maximum atomic E-state index is 10.4. The third-order valence-corrected chi connectivity index (χ3v) is 2.48. The quantitative estimate of drug-likeness (QED) is 0.510. The summed E-state index contributed by atoms with van der Waals surface area (Å²) in [5.74, 6) is 0.615. The van der Waals surface area contributed by atoms with E-state index in [9.17, 15) is 4.79 Å². The summed E-state index contributed by atoms with van der Waals surface area (Å²) in [6.45, 7) is 0.385. The molecule has 0 saturated heterocycles. The van der Waals surface area contributed by atoms with E-state index in [1.54, 1.807) is 18.2 Å². The minimum Gasteiger partial charge on any atom is -0.493 e. The molecule has 0 saturated carbocycles. The lowest BCUT2D eigenvalue weighted by atomic mass is 9.87. The van der Waals surface area contributed by atoms with Gasteiger partial charge in [0.1, 0.15) is 5.75 Å². The number of benzene rings is 1. The van der Waals surface area contributed by atoms with Crippen LogP contribution in [-0.4, -0.2) is 12.7 Å². The van der Waals surface area contributed by atoms with E-state index in [4.69, 9.17) is 10.00 Å². The highest BCUT2D eigenvalue weighted by Crippen LogP contribution is 2.38. The lowest BCUT2D eigenvalue weighted by molar-refractivity contribution is 0.245. The number of para-hydroxylation sites is 1. The van der Waals surface area contributed by atoms with E-state index in [1.807, 2.05) is 6.07 Å². The molecule has 0 radical (unpaired) electrons. The lowest BCUT2D eigenvalue weighted by Gasteiger charge is -2.28. The van der Waals surface area contributed by atoms with Gasteiger partial charge >= 0.3 is 0 Å². The predicted octanol–water partition coefficient (Wildman–Crippen LogP) is 1.52. The van der Waals surface area contributed by atoms with Gasteiger partial charge in [0.05, 0.1) is 12.7 Å². The van der Waals surface area contributed by atoms with Crippen LogP contribution in [-0.2, 0) is 10.3 Å². The normalized spacial score (nSPS) is 22.9. The van der Waals surface area contributed by atoms with E-state index >= 15 is 0 Å². The van der Waals surface area contributed by atoms with Crippen LogP contribution in [0.5, 0.6) is 5.75 Å². The van der Waals surface area contributed by atoms with Crippen LogP contribution in [0.4, 0.5) is 0 Å². The number of rotatable bonds is 1. The molecule has 0 aliphatic carbocycles. The van der Waals surface area contributed by atoms with Gasteiger partial charge in [0.2, 0.25) is 6.08 Å². The summed E-state index contributed by atoms with van der Waals surface area (Å²) in [6, 6.07) is 9.19. The zero-order valence-electron chi connectivity index (χ0n) is 7.93. The van der Waals surface area contributed by atoms with Gasteiger partial charge in [-0.1, -0.05) is 18.2 Å². The summed E-state index contributed by atoms with van der Waals surface area (Å²) in [5, 5.41) is 9.14. The average Bonchev–Trinajstić information content (AvgIpc) is 2.30. The summed E-state index contributed by atoms with van der Waals surface area (Å²) in [5.41, 5.74) is -0.474. The van der Waals surface area contributed by atoms with Crippen LogP contribution in [0.1, 0.15) is 12.0 Å². The van der Waals surface area contributed by atoms with Gasteiger partial charge in [-0.15, -0.1) is 0 Å². The molecule has 0 bridgehead atoms. The molecule has 0 spiro atoms. The number of ether oxygens (including phenoxy) is 1. The number of carbonyl (C=O) groups excluding carboxylic acids is 1.